The topological polar surface area (TPSA) is 115 Å². The molecule has 0 aromatic carbocycles. The molecule has 2 heterocycles. The molecule has 2 aromatic heterocycles. The highest BCUT2D eigenvalue weighted by Crippen LogP contribution is 2.17. The molecular weight excluding hydrogens is 296 g/mol. The average molecular weight is 310 g/mol. The number of rotatable bonds is 5. The molecule has 0 aliphatic heterocycles. The molecule has 2 rings (SSSR count). The van der Waals surface area contributed by atoms with Crippen LogP contribution in [-0.2, 0) is 14.6 Å². The van der Waals surface area contributed by atoms with Crippen molar-refractivity contribution in [3.05, 3.63) is 30.4 Å². The van der Waals surface area contributed by atoms with Crippen molar-refractivity contribution in [2.75, 3.05) is 12.0 Å². The van der Waals surface area contributed by atoms with Gasteiger partial charge >= 0.3 is 0 Å². The molecule has 8 nitrogen and oxygen atoms in total. The van der Waals surface area contributed by atoms with Gasteiger partial charge in [-0.3, -0.25) is 9.78 Å². The van der Waals surface area contributed by atoms with E-state index in [0.29, 0.717) is 11.4 Å². The van der Waals surface area contributed by atoms with Crippen molar-refractivity contribution in [1.29, 1.82) is 0 Å². The first kappa shape index (κ1) is 15.1. The summed E-state index contributed by atoms with van der Waals surface area (Å²) in [6.07, 6.45) is 4.20. The van der Waals surface area contributed by atoms with E-state index in [2.05, 4.69) is 20.4 Å². The Morgan fingerprint density at radius 3 is 2.86 bits per heavy atom. The van der Waals surface area contributed by atoms with Gasteiger partial charge < -0.3 is 9.84 Å². The number of carbonyl (C=O) groups excluding carboxylic acids is 1. The van der Waals surface area contributed by atoms with Gasteiger partial charge in [-0.25, -0.2) is 8.42 Å². The number of pyridine rings is 1. The highest BCUT2D eigenvalue weighted by Gasteiger charge is 2.19. The van der Waals surface area contributed by atoms with E-state index >= 15 is 0 Å². The standard InChI is InChI=1S/C12H14N4O4S/c1-8(14-10(17)7-21(2,18)19)12-15-11(16-20-12)9-4-3-5-13-6-9/h3-6,8H,7H2,1-2H3,(H,14,17). The van der Waals surface area contributed by atoms with Crippen molar-refractivity contribution in [2.24, 2.45) is 0 Å². The van der Waals surface area contributed by atoms with Gasteiger partial charge in [-0.2, -0.15) is 4.98 Å². The van der Waals surface area contributed by atoms with Crippen molar-refractivity contribution in [3.8, 4) is 11.4 Å². The zero-order chi connectivity index (χ0) is 15.5. The largest absolute Gasteiger partial charge is 0.344 e. The van der Waals surface area contributed by atoms with Gasteiger partial charge in [-0.05, 0) is 19.1 Å². The lowest BCUT2D eigenvalue weighted by Crippen LogP contribution is -2.32. The third-order valence-corrected chi connectivity index (χ3v) is 3.29. The predicted octanol–water partition coefficient (Wildman–Crippen LogP) is 0.353. The van der Waals surface area contributed by atoms with Crippen molar-refractivity contribution in [1.82, 2.24) is 20.4 Å². The molecule has 0 spiro atoms. The van der Waals surface area contributed by atoms with Gasteiger partial charge in [0, 0.05) is 24.2 Å². The first-order valence-corrected chi connectivity index (χ1v) is 8.12. The Morgan fingerprint density at radius 2 is 2.24 bits per heavy atom. The van der Waals surface area contributed by atoms with Crippen LogP contribution in [0.15, 0.2) is 29.0 Å². The van der Waals surface area contributed by atoms with Gasteiger partial charge in [-0.15, -0.1) is 0 Å². The van der Waals surface area contributed by atoms with Gasteiger partial charge in [0.1, 0.15) is 11.8 Å². The second-order valence-corrected chi connectivity index (χ2v) is 6.70. The summed E-state index contributed by atoms with van der Waals surface area (Å²) in [7, 11) is -3.38. The number of nitrogens with one attached hydrogen (secondary N) is 1. The zero-order valence-corrected chi connectivity index (χ0v) is 12.3. The number of nitrogens with zero attached hydrogens (tertiary/aromatic N) is 3. The lowest BCUT2D eigenvalue weighted by atomic mass is 10.3. The molecule has 0 aliphatic rings. The zero-order valence-electron chi connectivity index (χ0n) is 11.5. The minimum absolute atomic E-state index is 0.190. The number of sulfone groups is 1. The van der Waals surface area contributed by atoms with E-state index in [1.165, 1.54) is 0 Å². The Balaban J connectivity index is 2.06. The van der Waals surface area contributed by atoms with E-state index in [0.717, 1.165) is 6.26 Å². The highest BCUT2D eigenvalue weighted by atomic mass is 32.2. The van der Waals surface area contributed by atoms with Gasteiger partial charge in [0.25, 0.3) is 0 Å². The van der Waals surface area contributed by atoms with Crippen molar-refractivity contribution in [3.63, 3.8) is 0 Å². The van der Waals surface area contributed by atoms with E-state index < -0.39 is 27.5 Å². The minimum Gasteiger partial charge on any atom is -0.344 e. The van der Waals surface area contributed by atoms with Crippen LogP contribution in [0.2, 0.25) is 0 Å². The summed E-state index contributed by atoms with van der Waals surface area (Å²) >= 11 is 0. The van der Waals surface area contributed by atoms with Gasteiger partial charge in [0.15, 0.2) is 9.84 Å². The van der Waals surface area contributed by atoms with Crippen molar-refractivity contribution < 1.29 is 17.7 Å². The van der Waals surface area contributed by atoms with Crippen LogP contribution in [0.3, 0.4) is 0 Å². The van der Waals surface area contributed by atoms with E-state index in [-0.39, 0.29) is 5.89 Å². The summed E-state index contributed by atoms with van der Waals surface area (Å²) in [6.45, 7) is 1.63. The number of amides is 1. The highest BCUT2D eigenvalue weighted by molar-refractivity contribution is 7.91. The average Bonchev–Trinajstić information content (AvgIpc) is 2.87. The molecule has 2 aromatic rings. The number of hydrogen-bond acceptors (Lipinski definition) is 7. The van der Waals surface area contributed by atoms with Crippen LogP contribution in [-0.4, -0.2) is 41.5 Å². The first-order valence-electron chi connectivity index (χ1n) is 6.06. The molecule has 1 N–H and O–H groups in total. The minimum atomic E-state index is -3.38. The number of aromatic nitrogens is 3. The summed E-state index contributed by atoms with van der Waals surface area (Å²) in [5.74, 6) is -0.662. The smallest absolute Gasteiger partial charge is 0.249 e. The molecule has 1 atom stereocenters. The number of hydrogen-bond donors (Lipinski definition) is 1. The Labute approximate surface area is 121 Å². The van der Waals surface area contributed by atoms with Crippen molar-refractivity contribution in [2.45, 2.75) is 13.0 Å². The molecule has 0 radical (unpaired) electrons. The summed E-state index contributed by atoms with van der Waals surface area (Å²) in [4.78, 5) is 19.6. The second kappa shape index (κ2) is 6.00. The maximum atomic E-state index is 11.5. The third kappa shape index (κ3) is 4.35. The first-order chi connectivity index (χ1) is 9.85. The lowest BCUT2D eigenvalue weighted by molar-refractivity contribution is -0.119. The van der Waals surface area contributed by atoms with E-state index in [9.17, 15) is 13.2 Å². The Bertz CT molecular complexity index is 727. The normalized spacial score (nSPS) is 12.9. The molecule has 1 unspecified atom stereocenters. The molecule has 0 saturated carbocycles. The van der Waals surface area contributed by atoms with Crippen LogP contribution in [0.1, 0.15) is 18.9 Å². The summed E-state index contributed by atoms with van der Waals surface area (Å²) in [5.41, 5.74) is 0.683. The van der Waals surface area contributed by atoms with Gasteiger partial charge in [-0.1, -0.05) is 5.16 Å². The summed E-state index contributed by atoms with van der Waals surface area (Å²) in [6, 6.07) is 2.93. The molecule has 112 valence electrons. The Morgan fingerprint density at radius 1 is 1.48 bits per heavy atom. The lowest BCUT2D eigenvalue weighted by Gasteiger charge is -2.08. The quantitative estimate of drug-likeness (QED) is 0.847. The maximum Gasteiger partial charge on any atom is 0.249 e. The second-order valence-electron chi connectivity index (χ2n) is 4.56. The number of carbonyl (C=O) groups is 1. The molecule has 0 fully saturated rings. The Hall–Kier alpha value is -2.29. The van der Waals surface area contributed by atoms with E-state index in [1.807, 2.05) is 0 Å². The summed E-state index contributed by atoms with van der Waals surface area (Å²) < 4.78 is 27.1. The SMILES string of the molecule is CC(NC(=O)CS(C)(=O)=O)c1nc(-c2cccnc2)no1. The Kier molecular flexibility index (Phi) is 4.32. The third-order valence-electron chi connectivity index (χ3n) is 2.50. The maximum absolute atomic E-state index is 11.5. The fraction of sp³-hybridized carbons (Fsp3) is 0.333. The van der Waals surface area contributed by atoms with Crippen LogP contribution in [0, 0.1) is 0 Å². The predicted molar refractivity (Wildman–Crippen MR) is 73.8 cm³/mol. The van der Waals surface area contributed by atoms with Crippen LogP contribution < -0.4 is 5.32 Å². The summed E-state index contributed by atoms with van der Waals surface area (Å²) in [5, 5.41) is 6.28. The molecular formula is C12H14N4O4S. The van der Waals surface area contributed by atoms with Gasteiger partial charge in [0.2, 0.25) is 17.6 Å². The molecule has 1 amide bonds. The molecule has 21 heavy (non-hydrogen) atoms. The van der Waals surface area contributed by atoms with E-state index in [1.54, 1.807) is 31.5 Å². The van der Waals surface area contributed by atoms with E-state index in [4.69, 9.17) is 4.52 Å². The van der Waals surface area contributed by atoms with Crippen LogP contribution in [0.25, 0.3) is 11.4 Å². The monoisotopic (exact) mass is 310 g/mol. The molecule has 0 aliphatic carbocycles. The van der Waals surface area contributed by atoms with Crippen molar-refractivity contribution >= 4 is 15.7 Å². The fourth-order valence-corrected chi connectivity index (χ4v) is 2.17. The van der Waals surface area contributed by atoms with Gasteiger partial charge in [0.05, 0.1) is 0 Å². The van der Waals surface area contributed by atoms with Crippen LogP contribution >= 0.6 is 0 Å². The molecule has 0 bridgehead atoms. The molecule has 9 heteroatoms. The van der Waals surface area contributed by atoms with Crippen LogP contribution in [0.4, 0.5) is 0 Å². The molecule has 0 saturated heterocycles. The van der Waals surface area contributed by atoms with Crippen LogP contribution in [0.5, 0.6) is 0 Å². The fourth-order valence-electron chi connectivity index (χ4n) is 1.61.